The minimum Gasteiger partial charge on any atom is -0.342 e. The summed E-state index contributed by atoms with van der Waals surface area (Å²) in [6, 6.07) is 8.11. The lowest BCUT2D eigenvalue weighted by Crippen LogP contribution is -2.40. The highest BCUT2D eigenvalue weighted by molar-refractivity contribution is 8.01. The zero-order valence-corrected chi connectivity index (χ0v) is 16.4. The second-order valence-corrected chi connectivity index (χ2v) is 8.94. The number of imidazole rings is 1. The van der Waals surface area contributed by atoms with Crippen LogP contribution in [0.25, 0.3) is 10.2 Å². The molecule has 0 radical (unpaired) electrons. The summed E-state index contributed by atoms with van der Waals surface area (Å²) in [5, 5.41) is 0. The van der Waals surface area contributed by atoms with E-state index in [4.69, 9.17) is 0 Å². The van der Waals surface area contributed by atoms with Crippen molar-refractivity contribution in [1.29, 1.82) is 0 Å². The van der Waals surface area contributed by atoms with Crippen LogP contribution in [-0.4, -0.2) is 44.2 Å². The summed E-state index contributed by atoms with van der Waals surface area (Å²) in [5.41, 5.74) is 1.02. The van der Waals surface area contributed by atoms with Crippen molar-refractivity contribution in [3.8, 4) is 0 Å². The smallest absolute Gasteiger partial charge is 0.233 e. The Kier molecular flexibility index (Phi) is 5.26. The van der Waals surface area contributed by atoms with Gasteiger partial charge in [-0.2, -0.15) is 0 Å². The molecule has 1 saturated heterocycles. The summed E-state index contributed by atoms with van der Waals surface area (Å²) in [7, 11) is 0. The van der Waals surface area contributed by atoms with Crippen molar-refractivity contribution in [3.63, 3.8) is 0 Å². The maximum atomic E-state index is 12.5. The molecule has 0 atom stereocenters. The third-order valence-electron chi connectivity index (χ3n) is 4.94. The van der Waals surface area contributed by atoms with Crippen LogP contribution in [0.4, 0.5) is 0 Å². The molecule has 0 N–H and O–H groups in total. The number of thiazole rings is 1. The number of likely N-dealkylation sites (tertiary alicyclic amines) is 1. The van der Waals surface area contributed by atoms with Gasteiger partial charge in [-0.1, -0.05) is 23.9 Å². The number of amides is 1. The topological polar surface area (TPSA) is 51.0 Å². The number of benzene rings is 1. The molecule has 1 amide bonds. The Morgan fingerprint density at radius 3 is 2.85 bits per heavy atom. The Labute approximate surface area is 161 Å². The van der Waals surface area contributed by atoms with Gasteiger partial charge in [0.2, 0.25) is 5.91 Å². The molecular formula is C19H22N4OS2. The van der Waals surface area contributed by atoms with Gasteiger partial charge in [0.25, 0.3) is 0 Å². The number of carbonyl (C=O) groups is 1. The van der Waals surface area contributed by atoms with Gasteiger partial charge in [0.15, 0.2) is 4.34 Å². The first-order chi connectivity index (χ1) is 12.7. The maximum Gasteiger partial charge on any atom is 0.233 e. The second-order valence-electron chi connectivity index (χ2n) is 6.69. The number of fused-ring (bicyclic) bond motifs is 1. The van der Waals surface area contributed by atoms with E-state index < -0.39 is 0 Å². The second kappa shape index (κ2) is 7.80. The van der Waals surface area contributed by atoms with Crippen LogP contribution in [0.5, 0.6) is 0 Å². The predicted molar refractivity (Wildman–Crippen MR) is 107 cm³/mol. The van der Waals surface area contributed by atoms with Crippen LogP contribution in [0.1, 0.15) is 18.7 Å². The van der Waals surface area contributed by atoms with E-state index in [0.29, 0.717) is 11.7 Å². The Hall–Kier alpha value is -1.86. The van der Waals surface area contributed by atoms with Crippen LogP contribution >= 0.6 is 23.1 Å². The number of nitrogens with zero attached hydrogens (tertiary/aromatic N) is 4. The zero-order valence-electron chi connectivity index (χ0n) is 14.8. The van der Waals surface area contributed by atoms with Crippen LogP contribution < -0.4 is 0 Å². The fourth-order valence-electron chi connectivity index (χ4n) is 3.37. The first-order valence-electron chi connectivity index (χ1n) is 8.93. The lowest BCUT2D eigenvalue weighted by Gasteiger charge is -2.32. The quantitative estimate of drug-likeness (QED) is 0.625. The summed E-state index contributed by atoms with van der Waals surface area (Å²) in [4.78, 5) is 23.4. The van der Waals surface area contributed by atoms with E-state index in [1.165, 1.54) is 4.70 Å². The van der Waals surface area contributed by atoms with Crippen LogP contribution in [-0.2, 0) is 11.3 Å². The van der Waals surface area contributed by atoms with Gasteiger partial charge in [0.1, 0.15) is 5.82 Å². The number of aromatic nitrogens is 3. The van der Waals surface area contributed by atoms with E-state index in [1.54, 1.807) is 23.1 Å². The van der Waals surface area contributed by atoms with E-state index in [1.807, 2.05) is 42.4 Å². The number of aryl methyl sites for hydroxylation is 1. The molecule has 0 unspecified atom stereocenters. The zero-order chi connectivity index (χ0) is 17.9. The molecule has 3 aromatic rings. The number of hydrogen-bond donors (Lipinski definition) is 0. The molecule has 1 aromatic carbocycles. The summed E-state index contributed by atoms with van der Waals surface area (Å²) in [6.07, 6.45) is 6.03. The number of hydrogen-bond acceptors (Lipinski definition) is 5. The summed E-state index contributed by atoms with van der Waals surface area (Å²) < 4.78 is 4.37. The third-order valence-corrected chi connectivity index (χ3v) is 7.10. The molecule has 26 heavy (non-hydrogen) atoms. The monoisotopic (exact) mass is 386 g/mol. The molecule has 3 heterocycles. The molecular weight excluding hydrogens is 364 g/mol. The predicted octanol–water partition coefficient (Wildman–Crippen LogP) is 3.83. The lowest BCUT2D eigenvalue weighted by atomic mass is 9.96. The Morgan fingerprint density at radius 2 is 2.12 bits per heavy atom. The largest absolute Gasteiger partial charge is 0.342 e. The van der Waals surface area contributed by atoms with E-state index in [9.17, 15) is 4.79 Å². The molecule has 1 fully saturated rings. The standard InChI is InChI=1S/C19H22N4OS2/c1-14-20-8-11-23(14)12-15-6-9-22(10-7-15)18(24)13-25-19-21-16-4-2-3-5-17(16)26-19/h2-5,8,11,15H,6-7,9-10,12-13H2,1H3. The van der Waals surface area contributed by atoms with Crippen molar-refractivity contribution in [1.82, 2.24) is 19.4 Å². The van der Waals surface area contributed by atoms with E-state index in [0.717, 1.165) is 48.2 Å². The minimum atomic E-state index is 0.228. The van der Waals surface area contributed by atoms with Crippen molar-refractivity contribution in [2.75, 3.05) is 18.8 Å². The van der Waals surface area contributed by atoms with Crippen LogP contribution in [0.2, 0.25) is 0 Å². The van der Waals surface area contributed by atoms with Gasteiger partial charge in [-0.05, 0) is 37.8 Å². The van der Waals surface area contributed by atoms with E-state index in [2.05, 4.69) is 20.6 Å². The van der Waals surface area contributed by atoms with E-state index >= 15 is 0 Å². The molecule has 2 aromatic heterocycles. The van der Waals surface area contributed by atoms with Crippen LogP contribution in [0.3, 0.4) is 0 Å². The van der Waals surface area contributed by atoms with Crippen molar-refractivity contribution >= 4 is 39.2 Å². The maximum absolute atomic E-state index is 12.5. The van der Waals surface area contributed by atoms with Gasteiger partial charge < -0.3 is 9.47 Å². The summed E-state index contributed by atoms with van der Waals surface area (Å²) in [5.74, 6) is 2.40. The van der Waals surface area contributed by atoms with Gasteiger partial charge in [-0.25, -0.2) is 9.97 Å². The van der Waals surface area contributed by atoms with Crippen molar-refractivity contribution in [2.45, 2.75) is 30.6 Å². The highest BCUT2D eigenvalue weighted by Crippen LogP contribution is 2.29. The lowest BCUT2D eigenvalue weighted by molar-refractivity contribution is -0.129. The highest BCUT2D eigenvalue weighted by Gasteiger charge is 2.23. The fraction of sp³-hybridized carbons (Fsp3) is 0.421. The van der Waals surface area contributed by atoms with Crippen molar-refractivity contribution < 1.29 is 4.79 Å². The molecule has 0 spiro atoms. The van der Waals surface area contributed by atoms with Crippen molar-refractivity contribution in [3.05, 3.63) is 42.5 Å². The van der Waals surface area contributed by atoms with Gasteiger partial charge in [-0.3, -0.25) is 4.79 Å². The summed E-state index contributed by atoms with van der Waals surface area (Å²) >= 11 is 3.22. The summed E-state index contributed by atoms with van der Waals surface area (Å²) in [6.45, 7) is 4.77. The van der Waals surface area contributed by atoms with Gasteiger partial charge in [0.05, 0.1) is 16.0 Å². The normalized spacial score (nSPS) is 15.7. The van der Waals surface area contributed by atoms with Gasteiger partial charge >= 0.3 is 0 Å². The average Bonchev–Trinajstić information content (AvgIpc) is 3.26. The fourth-order valence-corrected chi connectivity index (χ4v) is 5.34. The molecule has 4 rings (SSSR count). The molecule has 1 aliphatic heterocycles. The molecule has 7 heteroatoms. The molecule has 0 bridgehead atoms. The van der Waals surface area contributed by atoms with Gasteiger partial charge in [-0.15, -0.1) is 11.3 Å². The number of thioether (sulfide) groups is 1. The molecule has 136 valence electrons. The molecule has 0 saturated carbocycles. The van der Waals surface area contributed by atoms with Crippen LogP contribution in [0, 0.1) is 12.8 Å². The highest BCUT2D eigenvalue weighted by atomic mass is 32.2. The Balaban J connectivity index is 1.26. The SMILES string of the molecule is Cc1nccn1CC1CCN(C(=O)CSc2nc3ccccc3s2)CC1. The molecule has 1 aliphatic rings. The molecule has 5 nitrogen and oxygen atoms in total. The number of carbonyl (C=O) groups excluding carboxylic acids is 1. The van der Waals surface area contributed by atoms with Gasteiger partial charge in [0, 0.05) is 32.0 Å². The van der Waals surface area contributed by atoms with Crippen molar-refractivity contribution in [2.24, 2.45) is 5.92 Å². The van der Waals surface area contributed by atoms with Crippen LogP contribution in [0.15, 0.2) is 41.0 Å². The molecule has 0 aliphatic carbocycles. The average molecular weight is 387 g/mol. The third kappa shape index (κ3) is 3.94. The Morgan fingerprint density at radius 1 is 1.31 bits per heavy atom. The first-order valence-corrected chi connectivity index (χ1v) is 10.7. The Bertz CT molecular complexity index is 863. The number of para-hydroxylation sites is 1. The van der Waals surface area contributed by atoms with E-state index in [-0.39, 0.29) is 5.91 Å². The first kappa shape index (κ1) is 17.5. The minimum absolute atomic E-state index is 0.228. The number of piperidine rings is 1. The number of rotatable bonds is 5.